The molecule has 20 heavy (non-hydrogen) atoms. The molecule has 0 unspecified atom stereocenters. The van der Waals surface area contributed by atoms with E-state index in [4.69, 9.17) is 9.84 Å². The molecule has 5 heteroatoms. The van der Waals surface area contributed by atoms with Gasteiger partial charge in [-0.25, -0.2) is 8.42 Å². The number of aliphatic hydroxyl groups is 1. The van der Waals surface area contributed by atoms with E-state index in [0.717, 1.165) is 11.1 Å². The normalized spacial score (nSPS) is 11.3. The summed E-state index contributed by atoms with van der Waals surface area (Å²) in [6.45, 7) is 1.89. The fourth-order valence-electron chi connectivity index (χ4n) is 1.80. The Kier molecular flexibility index (Phi) is 4.11. The smallest absolute Gasteiger partial charge is 0.175 e. The minimum atomic E-state index is -3.19. The molecule has 106 valence electrons. The Hall–Kier alpha value is -1.85. The molecular formula is C15H16O4S. The number of ether oxygens (including phenoxy) is 1. The van der Waals surface area contributed by atoms with Crippen molar-refractivity contribution in [1.82, 2.24) is 0 Å². The van der Waals surface area contributed by atoms with Gasteiger partial charge in [-0.1, -0.05) is 6.07 Å². The summed E-state index contributed by atoms with van der Waals surface area (Å²) < 4.78 is 28.4. The molecule has 0 heterocycles. The quantitative estimate of drug-likeness (QED) is 0.941. The van der Waals surface area contributed by atoms with Gasteiger partial charge in [0.25, 0.3) is 0 Å². The number of aryl methyl sites for hydroxylation is 1. The molecule has 0 atom stereocenters. The third-order valence-corrected chi connectivity index (χ3v) is 4.10. The Labute approximate surface area is 118 Å². The highest BCUT2D eigenvalue weighted by atomic mass is 32.2. The second-order valence-corrected chi connectivity index (χ2v) is 6.61. The highest BCUT2D eigenvalue weighted by molar-refractivity contribution is 7.90. The van der Waals surface area contributed by atoms with Gasteiger partial charge in [-0.3, -0.25) is 0 Å². The summed E-state index contributed by atoms with van der Waals surface area (Å²) in [5.74, 6) is 1.21. The van der Waals surface area contributed by atoms with E-state index in [1.165, 1.54) is 18.4 Å². The van der Waals surface area contributed by atoms with Crippen molar-refractivity contribution in [2.45, 2.75) is 18.4 Å². The van der Waals surface area contributed by atoms with Crippen LogP contribution in [0, 0.1) is 6.92 Å². The standard InChI is InChI=1S/C15H16O4S/c1-11-9-14(4-3-12(11)10-16)19-13-5-7-15(8-6-13)20(2,17)18/h3-9,16H,10H2,1-2H3. The summed E-state index contributed by atoms with van der Waals surface area (Å²) in [6.07, 6.45) is 1.17. The molecule has 0 amide bonds. The maximum absolute atomic E-state index is 11.4. The molecule has 0 fully saturated rings. The van der Waals surface area contributed by atoms with Gasteiger partial charge in [0.15, 0.2) is 9.84 Å². The number of sulfone groups is 1. The molecule has 0 radical (unpaired) electrons. The van der Waals surface area contributed by atoms with Crippen LogP contribution in [0.15, 0.2) is 47.4 Å². The van der Waals surface area contributed by atoms with Crippen LogP contribution < -0.4 is 4.74 Å². The molecule has 0 bridgehead atoms. The fraction of sp³-hybridized carbons (Fsp3) is 0.200. The van der Waals surface area contributed by atoms with Crippen molar-refractivity contribution in [3.63, 3.8) is 0 Å². The molecule has 0 saturated carbocycles. The third-order valence-electron chi connectivity index (χ3n) is 2.97. The van der Waals surface area contributed by atoms with Gasteiger partial charge in [0.2, 0.25) is 0 Å². The average Bonchev–Trinajstić information content (AvgIpc) is 2.38. The Morgan fingerprint density at radius 3 is 2.15 bits per heavy atom. The van der Waals surface area contributed by atoms with E-state index in [9.17, 15) is 8.42 Å². The topological polar surface area (TPSA) is 63.6 Å². The zero-order valence-corrected chi connectivity index (χ0v) is 12.1. The van der Waals surface area contributed by atoms with Gasteiger partial charge in [-0.2, -0.15) is 0 Å². The first-order chi connectivity index (χ1) is 9.40. The first-order valence-electron chi connectivity index (χ1n) is 6.08. The van der Waals surface area contributed by atoms with Crippen LogP contribution in [-0.2, 0) is 16.4 Å². The van der Waals surface area contributed by atoms with E-state index in [-0.39, 0.29) is 11.5 Å². The van der Waals surface area contributed by atoms with E-state index < -0.39 is 9.84 Å². The van der Waals surface area contributed by atoms with E-state index >= 15 is 0 Å². The first-order valence-corrected chi connectivity index (χ1v) is 7.97. The summed E-state index contributed by atoms with van der Waals surface area (Å²) in [6, 6.07) is 11.7. The third kappa shape index (κ3) is 3.37. The molecule has 2 rings (SSSR count). The predicted molar refractivity (Wildman–Crippen MR) is 76.7 cm³/mol. The van der Waals surface area contributed by atoms with Crippen LogP contribution >= 0.6 is 0 Å². The van der Waals surface area contributed by atoms with Gasteiger partial charge in [0, 0.05) is 6.26 Å². The summed E-state index contributed by atoms with van der Waals surface area (Å²) in [4.78, 5) is 0.261. The second-order valence-electron chi connectivity index (χ2n) is 4.59. The van der Waals surface area contributed by atoms with Crippen LogP contribution in [-0.4, -0.2) is 19.8 Å². The Morgan fingerprint density at radius 1 is 1.05 bits per heavy atom. The van der Waals surface area contributed by atoms with Gasteiger partial charge in [0.05, 0.1) is 11.5 Å². The zero-order chi connectivity index (χ0) is 14.8. The van der Waals surface area contributed by atoms with Crippen LogP contribution in [0.1, 0.15) is 11.1 Å². The minimum Gasteiger partial charge on any atom is -0.457 e. The molecule has 1 N–H and O–H groups in total. The highest BCUT2D eigenvalue weighted by Gasteiger charge is 2.07. The summed E-state index contributed by atoms with van der Waals surface area (Å²) >= 11 is 0. The van der Waals surface area contributed by atoms with Gasteiger partial charge in [-0.05, 0) is 54.4 Å². The van der Waals surface area contributed by atoms with Crippen molar-refractivity contribution in [3.05, 3.63) is 53.6 Å². The Morgan fingerprint density at radius 2 is 1.65 bits per heavy atom. The summed E-state index contributed by atoms with van der Waals surface area (Å²) in [7, 11) is -3.19. The number of rotatable bonds is 4. The summed E-state index contributed by atoms with van der Waals surface area (Å²) in [5, 5.41) is 9.11. The van der Waals surface area contributed by atoms with Gasteiger partial charge >= 0.3 is 0 Å². The number of hydrogen-bond acceptors (Lipinski definition) is 4. The molecule has 0 aromatic heterocycles. The highest BCUT2D eigenvalue weighted by Crippen LogP contribution is 2.25. The first kappa shape index (κ1) is 14.6. The number of benzene rings is 2. The SMILES string of the molecule is Cc1cc(Oc2ccc(S(C)(=O)=O)cc2)ccc1CO. The van der Waals surface area contributed by atoms with Crippen molar-refractivity contribution in [2.24, 2.45) is 0 Å². The monoisotopic (exact) mass is 292 g/mol. The maximum atomic E-state index is 11.4. The van der Waals surface area contributed by atoms with E-state index in [0.29, 0.717) is 11.5 Å². The number of hydrogen-bond donors (Lipinski definition) is 1. The lowest BCUT2D eigenvalue weighted by molar-refractivity contribution is 0.281. The predicted octanol–water partition coefficient (Wildman–Crippen LogP) is 2.68. The van der Waals surface area contributed by atoms with Crippen LogP contribution in [0.5, 0.6) is 11.5 Å². The lowest BCUT2D eigenvalue weighted by Crippen LogP contribution is -1.96. The molecule has 2 aromatic carbocycles. The van der Waals surface area contributed by atoms with E-state index in [1.807, 2.05) is 13.0 Å². The van der Waals surface area contributed by atoms with Gasteiger partial charge in [-0.15, -0.1) is 0 Å². The Balaban J connectivity index is 2.20. The van der Waals surface area contributed by atoms with Gasteiger partial charge in [0.1, 0.15) is 11.5 Å². The average molecular weight is 292 g/mol. The molecule has 2 aromatic rings. The summed E-state index contributed by atoms with van der Waals surface area (Å²) in [5.41, 5.74) is 1.79. The molecule has 0 aliphatic rings. The molecule has 0 spiro atoms. The van der Waals surface area contributed by atoms with Crippen LogP contribution in [0.3, 0.4) is 0 Å². The van der Waals surface area contributed by atoms with E-state index in [2.05, 4.69) is 0 Å². The van der Waals surface area contributed by atoms with Crippen LogP contribution in [0.4, 0.5) is 0 Å². The fourth-order valence-corrected chi connectivity index (χ4v) is 2.43. The van der Waals surface area contributed by atoms with Crippen molar-refractivity contribution < 1.29 is 18.3 Å². The second kappa shape index (κ2) is 5.64. The molecule has 0 aliphatic carbocycles. The molecular weight excluding hydrogens is 276 g/mol. The van der Waals surface area contributed by atoms with E-state index in [1.54, 1.807) is 24.3 Å². The maximum Gasteiger partial charge on any atom is 0.175 e. The van der Waals surface area contributed by atoms with Crippen molar-refractivity contribution >= 4 is 9.84 Å². The number of aliphatic hydroxyl groups excluding tert-OH is 1. The van der Waals surface area contributed by atoms with Crippen LogP contribution in [0.25, 0.3) is 0 Å². The molecule has 0 aliphatic heterocycles. The zero-order valence-electron chi connectivity index (χ0n) is 11.3. The van der Waals surface area contributed by atoms with Crippen molar-refractivity contribution in [2.75, 3.05) is 6.26 Å². The lowest BCUT2D eigenvalue weighted by atomic mass is 10.1. The van der Waals surface area contributed by atoms with Crippen molar-refractivity contribution in [3.8, 4) is 11.5 Å². The lowest BCUT2D eigenvalue weighted by Gasteiger charge is -2.09. The Bertz CT molecular complexity index is 703. The molecule has 4 nitrogen and oxygen atoms in total. The van der Waals surface area contributed by atoms with Crippen molar-refractivity contribution in [1.29, 1.82) is 0 Å². The minimum absolute atomic E-state index is 0.00479. The van der Waals surface area contributed by atoms with Gasteiger partial charge < -0.3 is 9.84 Å². The van der Waals surface area contributed by atoms with Crippen LogP contribution in [0.2, 0.25) is 0 Å². The molecule has 0 saturated heterocycles. The largest absolute Gasteiger partial charge is 0.457 e.